The fourth-order valence-corrected chi connectivity index (χ4v) is 4.92. The van der Waals surface area contributed by atoms with Crippen LogP contribution in [0.15, 0.2) is 0 Å². The Labute approximate surface area is 240 Å². The fraction of sp³-hybridized carbons (Fsp3) is 1.00. The highest BCUT2D eigenvalue weighted by atomic mass is 35.5. The van der Waals surface area contributed by atoms with Gasteiger partial charge in [-0.2, -0.15) is 8.42 Å². The maximum atomic E-state index is 11.7. The van der Waals surface area contributed by atoms with Gasteiger partial charge in [0, 0.05) is 0 Å². The zero-order chi connectivity index (χ0) is 27.2. The van der Waals surface area contributed by atoms with Gasteiger partial charge in [0.1, 0.15) is 0 Å². The van der Waals surface area contributed by atoms with E-state index in [1.807, 2.05) is 0 Å². The van der Waals surface area contributed by atoms with Gasteiger partial charge in [-0.05, 0) is 32.5 Å². The van der Waals surface area contributed by atoms with Crippen LogP contribution in [0.1, 0.15) is 163 Å². The van der Waals surface area contributed by atoms with Crippen LogP contribution < -0.4 is 0 Å². The molecule has 228 valence electrons. The van der Waals surface area contributed by atoms with Crippen LogP contribution in [-0.2, 0) is 18.8 Å². The van der Waals surface area contributed by atoms with Crippen LogP contribution in [0.4, 0.5) is 0 Å². The molecule has 0 saturated heterocycles. The van der Waals surface area contributed by atoms with Crippen LogP contribution >= 0.6 is 12.4 Å². The van der Waals surface area contributed by atoms with Crippen molar-refractivity contribution in [1.29, 1.82) is 0 Å². The van der Waals surface area contributed by atoms with Gasteiger partial charge in [-0.25, -0.2) is 8.37 Å². The summed E-state index contributed by atoms with van der Waals surface area (Å²) in [6, 6.07) is 0. The van der Waals surface area contributed by atoms with E-state index in [4.69, 9.17) is 8.37 Å². The first-order valence-electron chi connectivity index (χ1n) is 15.7. The molecule has 0 amide bonds. The average Bonchev–Trinajstić information content (AvgIpc) is 2.87. The van der Waals surface area contributed by atoms with E-state index < -0.39 is 10.4 Å². The highest BCUT2D eigenvalue weighted by Crippen LogP contribution is 2.12. The Morgan fingerprint density at radius 2 is 0.676 bits per heavy atom. The predicted octanol–water partition coefficient (Wildman–Crippen LogP) is 9.88. The van der Waals surface area contributed by atoms with Gasteiger partial charge in [-0.1, -0.05) is 150 Å². The second kappa shape index (κ2) is 34.1. The maximum absolute atomic E-state index is 11.7. The molecule has 0 heterocycles. The molecule has 5 nitrogen and oxygen atoms in total. The zero-order valence-electron chi connectivity index (χ0n) is 25.6. The van der Waals surface area contributed by atoms with Crippen LogP contribution in [0, 0.1) is 0 Å². The summed E-state index contributed by atoms with van der Waals surface area (Å²) in [6.07, 6.45) is 24.4. The monoisotopic (exact) mass is 571 g/mol. The molecular weight excluding hydrogens is 506 g/mol. The van der Waals surface area contributed by atoms with E-state index in [2.05, 4.69) is 39.5 Å². The molecule has 0 spiro atoms. The molecular formula is C30H66ClNO4S. The summed E-state index contributed by atoms with van der Waals surface area (Å²) >= 11 is 0. The SMILES string of the molecule is CCCCCCCCCCCCOS(=O)(=O)OCCCCCCCCCCCC.CCN(CC)CC.Cl. The van der Waals surface area contributed by atoms with E-state index >= 15 is 0 Å². The lowest BCUT2D eigenvalue weighted by atomic mass is 10.1. The third kappa shape index (κ3) is 36.1. The molecule has 37 heavy (non-hydrogen) atoms. The molecule has 0 saturated carbocycles. The fourth-order valence-electron chi connectivity index (χ4n) is 4.21. The van der Waals surface area contributed by atoms with E-state index in [0.29, 0.717) is 0 Å². The van der Waals surface area contributed by atoms with Crippen molar-refractivity contribution in [3.05, 3.63) is 0 Å². The van der Waals surface area contributed by atoms with E-state index in [1.165, 1.54) is 110 Å². The van der Waals surface area contributed by atoms with Gasteiger partial charge in [0.2, 0.25) is 0 Å². The van der Waals surface area contributed by atoms with Gasteiger partial charge in [0.15, 0.2) is 0 Å². The number of unbranched alkanes of at least 4 members (excludes halogenated alkanes) is 18. The first kappa shape index (κ1) is 41.6. The molecule has 0 rings (SSSR count). The Balaban J connectivity index is -0.00000126. The van der Waals surface area contributed by atoms with Crippen molar-refractivity contribution in [1.82, 2.24) is 4.90 Å². The van der Waals surface area contributed by atoms with E-state index in [1.54, 1.807) is 0 Å². The molecule has 0 aliphatic rings. The minimum Gasteiger partial charge on any atom is -0.304 e. The van der Waals surface area contributed by atoms with Crippen molar-refractivity contribution >= 4 is 22.8 Å². The Morgan fingerprint density at radius 1 is 0.432 bits per heavy atom. The van der Waals surface area contributed by atoms with Gasteiger partial charge < -0.3 is 4.90 Å². The molecule has 7 heteroatoms. The minimum absolute atomic E-state index is 0. The Kier molecular flexibility index (Phi) is 38.4. The summed E-state index contributed by atoms with van der Waals surface area (Å²) in [5, 5.41) is 0. The first-order valence-corrected chi connectivity index (χ1v) is 17.1. The first-order chi connectivity index (χ1) is 17.5. The molecule has 0 bridgehead atoms. The normalized spacial score (nSPS) is 11.3. The van der Waals surface area contributed by atoms with Gasteiger partial charge in [-0.15, -0.1) is 12.4 Å². The molecule has 0 aliphatic carbocycles. The number of halogens is 1. The van der Waals surface area contributed by atoms with E-state index in [-0.39, 0.29) is 25.6 Å². The largest absolute Gasteiger partial charge is 0.399 e. The van der Waals surface area contributed by atoms with Crippen molar-refractivity contribution in [3.8, 4) is 0 Å². The molecule has 0 aromatic carbocycles. The Morgan fingerprint density at radius 3 is 0.892 bits per heavy atom. The summed E-state index contributed by atoms with van der Waals surface area (Å²) in [5.74, 6) is 0. The van der Waals surface area contributed by atoms with Crippen molar-refractivity contribution in [2.24, 2.45) is 0 Å². The zero-order valence-corrected chi connectivity index (χ0v) is 27.2. The molecule has 0 aromatic rings. The maximum Gasteiger partial charge on any atom is 0.399 e. The van der Waals surface area contributed by atoms with Crippen LogP contribution in [0.3, 0.4) is 0 Å². The highest BCUT2D eigenvalue weighted by Gasteiger charge is 2.11. The molecule has 0 atom stereocenters. The number of hydrogen-bond donors (Lipinski definition) is 0. The topological polar surface area (TPSA) is 55.8 Å². The summed E-state index contributed by atoms with van der Waals surface area (Å²) in [4.78, 5) is 2.38. The van der Waals surface area contributed by atoms with Crippen LogP contribution in [0.2, 0.25) is 0 Å². The Hall–Kier alpha value is 0.120. The third-order valence-electron chi connectivity index (χ3n) is 6.79. The predicted molar refractivity (Wildman–Crippen MR) is 165 cm³/mol. The van der Waals surface area contributed by atoms with Gasteiger partial charge in [-0.3, -0.25) is 0 Å². The minimum atomic E-state index is -3.80. The lowest BCUT2D eigenvalue weighted by Gasteiger charge is -2.13. The molecule has 0 fully saturated rings. The highest BCUT2D eigenvalue weighted by molar-refractivity contribution is 7.81. The van der Waals surface area contributed by atoms with Crippen molar-refractivity contribution in [2.45, 2.75) is 163 Å². The van der Waals surface area contributed by atoms with Crippen LogP contribution in [-0.4, -0.2) is 46.2 Å². The lowest BCUT2D eigenvalue weighted by molar-refractivity contribution is 0.208. The van der Waals surface area contributed by atoms with Crippen LogP contribution in [0.25, 0.3) is 0 Å². The van der Waals surface area contributed by atoms with E-state index in [0.717, 1.165) is 38.5 Å². The van der Waals surface area contributed by atoms with Gasteiger partial charge in [0.05, 0.1) is 13.2 Å². The number of rotatable bonds is 27. The lowest BCUT2D eigenvalue weighted by Crippen LogP contribution is -2.21. The molecule has 0 radical (unpaired) electrons. The molecule has 0 unspecified atom stereocenters. The van der Waals surface area contributed by atoms with Gasteiger partial charge >= 0.3 is 10.4 Å². The third-order valence-corrected chi connectivity index (χ3v) is 7.70. The molecule has 0 aromatic heterocycles. The van der Waals surface area contributed by atoms with Gasteiger partial charge in [0.25, 0.3) is 0 Å². The smallest absolute Gasteiger partial charge is 0.304 e. The quantitative estimate of drug-likeness (QED) is 0.0918. The summed E-state index contributed by atoms with van der Waals surface area (Å²) in [5.41, 5.74) is 0. The van der Waals surface area contributed by atoms with Crippen molar-refractivity contribution in [2.75, 3.05) is 32.8 Å². The second-order valence-electron chi connectivity index (χ2n) is 10.0. The van der Waals surface area contributed by atoms with Crippen molar-refractivity contribution < 1.29 is 16.8 Å². The molecule has 0 N–H and O–H groups in total. The van der Waals surface area contributed by atoms with Crippen LogP contribution in [0.5, 0.6) is 0 Å². The molecule has 0 aliphatic heterocycles. The Bertz CT molecular complexity index is 464. The summed E-state index contributed by atoms with van der Waals surface area (Å²) in [7, 11) is -3.80. The number of nitrogens with zero attached hydrogens (tertiary/aromatic N) is 1. The average molecular weight is 572 g/mol. The van der Waals surface area contributed by atoms with E-state index in [9.17, 15) is 8.42 Å². The summed E-state index contributed by atoms with van der Waals surface area (Å²) < 4.78 is 33.3. The number of hydrogen-bond acceptors (Lipinski definition) is 5. The van der Waals surface area contributed by atoms with Crippen molar-refractivity contribution in [3.63, 3.8) is 0 Å². The second-order valence-corrected chi connectivity index (χ2v) is 11.3. The summed E-state index contributed by atoms with van der Waals surface area (Å²) in [6.45, 7) is 15.1. The standard InChI is InChI=1S/C24H50O4S.C6H15N.ClH/c1-3-5-7-9-11-13-15-17-19-21-23-27-29(25,26)28-24-22-20-18-16-14-12-10-8-6-4-2;1-4-7(5-2)6-3;/h3-24H2,1-2H3;4-6H2,1-3H3;1H.